The Bertz CT molecular complexity index is 310. The molecule has 0 heterocycles. The molecule has 3 atom stereocenters. The summed E-state index contributed by atoms with van der Waals surface area (Å²) in [6.45, 7) is 4.81. The van der Waals surface area contributed by atoms with E-state index in [4.69, 9.17) is 0 Å². The van der Waals surface area contributed by atoms with Gasteiger partial charge in [0.05, 0.1) is 0 Å². The molecule has 3 unspecified atom stereocenters. The van der Waals surface area contributed by atoms with Crippen LogP contribution in [0.2, 0.25) is 0 Å². The topological polar surface area (TPSA) is 0 Å². The molecule has 19 heavy (non-hydrogen) atoms. The summed E-state index contributed by atoms with van der Waals surface area (Å²) in [5.74, 6) is 2.71. The van der Waals surface area contributed by atoms with Crippen molar-refractivity contribution in [3.8, 4) is 0 Å². The van der Waals surface area contributed by atoms with Gasteiger partial charge >= 0.3 is 0 Å². The predicted octanol–water partition coefficient (Wildman–Crippen LogP) is 6.29. The second kappa shape index (κ2) is 7.92. The van der Waals surface area contributed by atoms with Crippen LogP contribution in [0.15, 0.2) is 23.8 Å². The lowest BCUT2D eigenvalue weighted by Crippen LogP contribution is -2.06. The average molecular weight is 260 g/mol. The summed E-state index contributed by atoms with van der Waals surface area (Å²) in [4.78, 5) is 0. The molecule has 1 saturated carbocycles. The minimum Gasteiger partial charge on any atom is -0.0845 e. The van der Waals surface area contributed by atoms with Crippen LogP contribution < -0.4 is 0 Å². The Labute approximate surface area is 120 Å². The van der Waals surface area contributed by atoms with Gasteiger partial charge in [-0.15, -0.1) is 0 Å². The van der Waals surface area contributed by atoms with Crippen LogP contribution in [0.25, 0.3) is 0 Å². The normalized spacial score (nSPS) is 36.9. The van der Waals surface area contributed by atoms with Crippen LogP contribution in [0.5, 0.6) is 0 Å². The van der Waals surface area contributed by atoms with Gasteiger partial charge in [-0.2, -0.15) is 0 Å². The number of fused-ring (bicyclic) bond motifs is 1. The molecule has 0 nitrogen and oxygen atoms in total. The maximum atomic E-state index is 2.50. The molecule has 2 aliphatic rings. The first kappa shape index (κ1) is 14.9. The van der Waals surface area contributed by atoms with Crippen LogP contribution >= 0.6 is 0 Å². The fourth-order valence-electron chi connectivity index (χ4n) is 4.08. The molecule has 0 N–H and O–H groups in total. The van der Waals surface area contributed by atoms with Gasteiger partial charge in [-0.1, -0.05) is 69.8 Å². The molecular formula is C19H32. The van der Waals surface area contributed by atoms with Gasteiger partial charge in [0.1, 0.15) is 0 Å². The first-order chi connectivity index (χ1) is 9.33. The van der Waals surface area contributed by atoms with Crippen molar-refractivity contribution in [2.24, 2.45) is 17.8 Å². The first-order valence-electron chi connectivity index (χ1n) is 8.69. The second-order valence-electron chi connectivity index (χ2n) is 6.75. The van der Waals surface area contributed by atoms with Gasteiger partial charge in [0, 0.05) is 0 Å². The molecule has 0 heteroatoms. The van der Waals surface area contributed by atoms with Crippen molar-refractivity contribution in [3.63, 3.8) is 0 Å². The average Bonchev–Trinajstić information content (AvgIpc) is 2.68. The third kappa shape index (κ3) is 4.23. The number of unbranched alkanes of at least 4 members (excludes halogenated alkanes) is 1. The lowest BCUT2D eigenvalue weighted by atomic mass is 9.87. The van der Waals surface area contributed by atoms with Crippen LogP contribution in [0, 0.1) is 17.8 Å². The van der Waals surface area contributed by atoms with Crippen molar-refractivity contribution in [2.75, 3.05) is 0 Å². The number of allylic oxidation sites excluding steroid dienone is 4. The molecule has 108 valence electrons. The molecule has 0 spiro atoms. The second-order valence-corrected chi connectivity index (χ2v) is 6.75. The lowest BCUT2D eigenvalue weighted by molar-refractivity contribution is 0.405. The molecule has 2 rings (SSSR count). The van der Waals surface area contributed by atoms with Crippen LogP contribution in [-0.4, -0.2) is 0 Å². The summed E-state index contributed by atoms with van der Waals surface area (Å²) < 4.78 is 0. The van der Waals surface area contributed by atoms with Crippen molar-refractivity contribution in [1.29, 1.82) is 0 Å². The zero-order valence-corrected chi connectivity index (χ0v) is 13.0. The van der Waals surface area contributed by atoms with Crippen molar-refractivity contribution in [1.82, 2.24) is 0 Å². The number of hydrogen-bond donors (Lipinski definition) is 0. The highest BCUT2D eigenvalue weighted by Gasteiger charge is 2.34. The standard InChI is InChI=1S/C19H32/c1-3-4-12-17-15-16(2)18-13-10-8-6-5-7-9-11-14-19(17)18/h9,11,14,16-18H,3-8,10,12-13,15H2,1-2H3/b11-9-,19-14-. The molecule has 0 radical (unpaired) electrons. The monoisotopic (exact) mass is 260 g/mol. The van der Waals surface area contributed by atoms with E-state index in [1.807, 2.05) is 0 Å². The molecular weight excluding hydrogens is 228 g/mol. The third-order valence-electron chi connectivity index (χ3n) is 5.21. The van der Waals surface area contributed by atoms with Gasteiger partial charge in [0.2, 0.25) is 0 Å². The molecule has 0 aromatic rings. The minimum atomic E-state index is 0.893. The van der Waals surface area contributed by atoms with Gasteiger partial charge < -0.3 is 0 Å². The van der Waals surface area contributed by atoms with E-state index >= 15 is 0 Å². The van der Waals surface area contributed by atoms with E-state index in [1.165, 1.54) is 64.2 Å². The fourth-order valence-corrected chi connectivity index (χ4v) is 4.08. The molecule has 1 fully saturated rings. The fraction of sp³-hybridized carbons (Fsp3) is 0.789. The molecule has 0 amide bonds. The predicted molar refractivity (Wildman–Crippen MR) is 85.2 cm³/mol. The molecule has 0 bridgehead atoms. The largest absolute Gasteiger partial charge is 0.0845 e. The van der Waals surface area contributed by atoms with E-state index in [9.17, 15) is 0 Å². The smallest absolute Gasteiger partial charge is 0.0171 e. The zero-order valence-electron chi connectivity index (χ0n) is 13.0. The van der Waals surface area contributed by atoms with Gasteiger partial charge in [0.25, 0.3) is 0 Å². The lowest BCUT2D eigenvalue weighted by Gasteiger charge is -2.18. The van der Waals surface area contributed by atoms with Crippen LogP contribution in [-0.2, 0) is 0 Å². The van der Waals surface area contributed by atoms with Crippen LogP contribution in [0.4, 0.5) is 0 Å². The van der Waals surface area contributed by atoms with E-state index in [-0.39, 0.29) is 0 Å². The van der Waals surface area contributed by atoms with E-state index in [2.05, 4.69) is 32.1 Å². The highest BCUT2D eigenvalue weighted by molar-refractivity contribution is 5.23. The van der Waals surface area contributed by atoms with E-state index < -0.39 is 0 Å². The first-order valence-corrected chi connectivity index (χ1v) is 8.69. The highest BCUT2D eigenvalue weighted by atomic mass is 14.4. The summed E-state index contributed by atoms with van der Waals surface area (Å²) in [6, 6.07) is 0. The van der Waals surface area contributed by atoms with Crippen LogP contribution in [0.1, 0.15) is 78.1 Å². The Morgan fingerprint density at radius 3 is 2.84 bits per heavy atom. The van der Waals surface area contributed by atoms with Crippen molar-refractivity contribution >= 4 is 0 Å². The van der Waals surface area contributed by atoms with Crippen molar-refractivity contribution < 1.29 is 0 Å². The Morgan fingerprint density at radius 1 is 1.16 bits per heavy atom. The Hall–Kier alpha value is -0.520. The Morgan fingerprint density at radius 2 is 2.00 bits per heavy atom. The summed E-state index contributed by atoms with van der Waals surface area (Å²) in [6.07, 6.45) is 21.3. The van der Waals surface area contributed by atoms with E-state index in [0.717, 1.165) is 17.8 Å². The summed E-state index contributed by atoms with van der Waals surface area (Å²) >= 11 is 0. The minimum absolute atomic E-state index is 0.893. The van der Waals surface area contributed by atoms with Crippen molar-refractivity contribution in [2.45, 2.75) is 78.1 Å². The molecule has 0 aromatic heterocycles. The molecule has 0 saturated heterocycles. The van der Waals surface area contributed by atoms with E-state index in [0.29, 0.717) is 0 Å². The summed E-state index contributed by atoms with van der Waals surface area (Å²) in [5, 5.41) is 0. The number of hydrogen-bond acceptors (Lipinski definition) is 0. The maximum absolute atomic E-state index is 2.50. The Kier molecular flexibility index (Phi) is 6.20. The SMILES string of the molecule is CCCCC1CC(C)C2CCCCCC/C=C\C=C\12. The van der Waals surface area contributed by atoms with E-state index in [1.54, 1.807) is 5.57 Å². The Balaban J connectivity index is 2.08. The summed E-state index contributed by atoms with van der Waals surface area (Å²) in [5.41, 5.74) is 1.80. The van der Waals surface area contributed by atoms with Crippen molar-refractivity contribution in [3.05, 3.63) is 23.8 Å². The number of rotatable bonds is 3. The van der Waals surface area contributed by atoms with Gasteiger partial charge in [-0.3, -0.25) is 0 Å². The zero-order chi connectivity index (χ0) is 13.5. The highest BCUT2D eigenvalue weighted by Crippen LogP contribution is 2.45. The third-order valence-corrected chi connectivity index (χ3v) is 5.21. The summed E-state index contributed by atoms with van der Waals surface area (Å²) in [7, 11) is 0. The van der Waals surface area contributed by atoms with Gasteiger partial charge in [-0.25, -0.2) is 0 Å². The molecule has 0 aromatic carbocycles. The molecule has 2 aliphatic carbocycles. The maximum Gasteiger partial charge on any atom is -0.0171 e. The quantitative estimate of drug-likeness (QED) is 0.559. The van der Waals surface area contributed by atoms with Gasteiger partial charge in [0.15, 0.2) is 0 Å². The van der Waals surface area contributed by atoms with Gasteiger partial charge in [-0.05, 0) is 49.9 Å². The molecule has 0 aliphatic heterocycles. The van der Waals surface area contributed by atoms with Crippen LogP contribution in [0.3, 0.4) is 0 Å².